The van der Waals surface area contributed by atoms with E-state index in [1.807, 2.05) is 0 Å². The normalized spacial score (nSPS) is 17.7. The number of hydrogen-bond donors (Lipinski definition) is 0. The number of aryl methyl sites for hydroxylation is 1. The quantitative estimate of drug-likeness (QED) is 0.444. The van der Waals surface area contributed by atoms with Crippen LogP contribution in [0.1, 0.15) is 37.7 Å². The van der Waals surface area contributed by atoms with Crippen LogP contribution in [0.4, 0.5) is 0 Å². The molecule has 0 spiro atoms. The van der Waals surface area contributed by atoms with Crippen molar-refractivity contribution in [1.82, 2.24) is 0 Å². The Morgan fingerprint density at radius 2 is 1.68 bits per heavy atom. The van der Waals surface area contributed by atoms with Crippen molar-refractivity contribution >= 4 is 22.9 Å². The molecule has 3 aromatic rings. The molecule has 0 radical (unpaired) electrons. The molecule has 28 heavy (non-hydrogen) atoms. The van der Waals surface area contributed by atoms with Gasteiger partial charge in [0.15, 0.2) is 0 Å². The van der Waals surface area contributed by atoms with Gasteiger partial charge in [-0.15, -0.1) is 40.3 Å². The van der Waals surface area contributed by atoms with E-state index < -0.39 is 0 Å². The molecular weight excluding hydrogens is 416 g/mol. The molecule has 2 aliphatic carbocycles. The van der Waals surface area contributed by atoms with Crippen LogP contribution in [-0.2, 0) is 26.2 Å². The third-order valence-electron chi connectivity index (χ3n) is 6.03. The molecule has 0 unspecified atom stereocenters. The smallest absolute Gasteiger partial charge is 0 e. The molecule has 0 N–H and O–H groups in total. The summed E-state index contributed by atoms with van der Waals surface area (Å²) in [6.45, 7) is 2.19. The van der Waals surface area contributed by atoms with Gasteiger partial charge in [-0.1, -0.05) is 85.7 Å². The Hall–Kier alpha value is -1.72. The maximum atomic E-state index is 3.68. The van der Waals surface area contributed by atoms with Crippen LogP contribution in [0, 0.1) is 12.8 Å². The van der Waals surface area contributed by atoms with Crippen molar-refractivity contribution in [2.45, 2.75) is 39.0 Å². The van der Waals surface area contributed by atoms with Crippen molar-refractivity contribution in [3.05, 3.63) is 82.2 Å². The first-order valence-electron chi connectivity index (χ1n) is 10.2. The largest absolute Gasteiger partial charge is 0.145 e. The summed E-state index contributed by atoms with van der Waals surface area (Å²) in [6, 6.07) is 20.0. The zero-order valence-electron chi connectivity index (χ0n) is 16.5. The Morgan fingerprint density at radius 3 is 2.50 bits per heavy atom. The minimum Gasteiger partial charge on any atom is -0.145 e. The minimum atomic E-state index is 0. The molecule has 0 saturated heterocycles. The number of benzene rings is 3. The first-order valence-corrected chi connectivity index (χ1v) is 10.2. The molecule has 0 amide bonds. The second kappa shape index (κ2) is 8.34. The van der Waals surface area contributed by atoms with Gasteiger partial charge < -0.3 is 0 Å². The summed E-state index contributed by atoms with van der Waals surface area (Å²) in [7, 11) is 0. The predicted octanol–water partition coefficient (Wildman–Crippen LogP) is 5.77. The van der Waals surface area contributed by atoms with Gasteiger partial charge in [0.2, 0.25) is 0 Å². The van der Waals surface area contributed by atoms with Gasteiger partial charge in [-0.05, 0) is 35.2 Å². The van der Waals surface area contributed by atoms with Gasteiger partial charge in [0.1, 0.15) is 0 Å². The summed E-state index contributed by atoms with van der Waals surface area (Å²) < 4.78 is 0. The van der Waals surface area contributed by atoms with Crippen LogP contribution in [0.25, 0.3) is 34.1 Å². The summed E-state index contributed by atoms with van der Waals surface area (Å²) in [5.74, 6) is 0.733. The molecule has 3 aromatic carbocycles. The second-order valence-electron chi connectivity index (χ2n) is 8.13. The van der Waals surface area contributed by atoms with Gasteiger partial charge in [-0.25, -0.2) is 0 Å². The maximum Gasteiger partial charge on any atom is 0 e. The van der Waals surface area contributed by atoms with Gasteiger partial charge in [-0.3, -0.25) is 0 Å². The molecule has 5 rings (SSSR count). The van der Waals surface area contributed by atoms with Gasteiger partial charge in [-0.2, -0.15) is 0 Å². The summed E-state index contributed by atoms with van der Waals surface area (Å²) >= 11 is 0. The number of rotatable bonds is 2. The Kier molecular flexibility index (Phi) is 5.84. The molecule has 1 heteroatoms. The Labute approximate surface area is 186 Å². The fourth-order valence-electron chi connectivity index (χ4n) is 4.64. The van der Waals surface area contributed by atoms with Crippen LogP contribution < -0.4 is 10.4 Å². The minimum absolute atomic E-state index is 0. The Bertz CT molecular complexity index is 1160. The van der Waals surface area contributed by atoms with Gasteiger partial charge in [0.05, 0.1) is 0 Å². The average molecular weight is 441 g/mol. The summed E-state index contributed by atoms with van der Waals surface area (Å²) in [5, 5.41) is 5.18. The Morgan fingerprint density at radius 1 is 0.893 bits per heavy atom. The third kappa shape index (κ3) is 3.88. The maximum absolute atomic E-state index is 3.68. The average Bonchev–Trinajstić information content (AvgIpc) is 3.09. The van der Waals surface area contributed by atoms with Crippen molar-refractivity contribution < 1.29 is 26.2 Å². The first-order chi connectivity index (χ1) is 13.3. The van der Waals surface area contributed by atoms with Crippen LogP contribution in [0.3, 0.4) is 0 Å². The number of fused-ring (bicyclic) bond motifs is 2. The molecule has 0 heterocycles. The molecule has 2 aliphatic rings. The zero-order valence-corrected chi connectivity index (χ0v) is 18.9. The summed E-state index contributed by atoms with van der Waals surface area (Å²) in [4.78, 5) is 0. The van der Waals surface area contributed by atoms with Gasteiger partial charge in [0.25, 0.3) is 0 Å². The monoisotopic (exact) mass is 439 g/mol. The third-order valence-corrected chi connectivity index (χ3v) is 6.03. The van der Waals surface area contributed by atoms with E-state index in [0.29, 0.717) is 0 Å². The fourth-order valence-corrected chi connectivity index (χ4v) is 4.64. The van der Waals surface area contributed by atoms with Crippen molar-refractivity contribution in [1.29, 1.82) is 0 Å². The second-order valence-corrected chi connectivity index (χ2v) is 8.13. The van der Waals surface area contributed by atoms with E-state index in [0.717, 1.165) is 5.92 Å². The topological polar surface area (TPSA) is 0 Å². The van der Waals surface area contributed by atoms with Crippen molar-refractivity contribution in [3.8, 4) is 11.1 Å². The fraction of sp³-hybridized carbons (Fsp3) is 0.259. The zero-order chi connectivity index (χ0) is 18.2. The standard InChI is InChI=1S/C27H25.Zr/c1-19-13-25-16-21(15-20-7-3-2-4-8-20)17-27(25)26(14-19)24-12-11-22-9-5-6-10-23(22)18-24;/h5-6,9-15,17-18,20H,2-4,7-8H2,1H3;/q-1;. The van der Waals surface area contributed by atoms with Crippen LogP contribution in [-0.4, -0.2) is 0 Å². The molecule has 1 fully saturated rings. The van der Waals surface area contributed by atoms with E-state index in [-0.39, 0.29) is 26.2 Å². The van der Waals surface area contributed by atoms with E-state index in [1.54, 1.807) is 0 Å². The van der Waals surface area contributed by atoms with E-state index in [1.165, 1.54) is 75.6 Å². The number of allylic oxidation sites excluding steroid dienone is 2. The summed E-state index contributed by atoms with van der Waals surface area (Å²) in [6.07, 6.45) is 15.3. The molecule has 0 nitrogen and oxygen atoms in total. The molecule has 1 saturated carbocycles. The predicted molar refractivity (Wildman–Crippen MR) is 116 cm³/mol. The molecule has 138 valence electrons. The number of hydrogen-bond acceptors (Lipinski definition) is 0. The molecular formula is C27H25Zr-. The van der Waals surface area contributed by atoms with Gasteiger partial charge in [0, 0.05) is 26.2 Å². The van der Waals surface area contributed by atoms with E-state index in [4.69, 9.17) is 0 Å². The van der Waals surface area contributed by atoms with E-state index >= 15 is 0 Å². The van der Waals surface area contributed by atoms with Crippen LogP contribution in [0.2, 0.25) is 0 Å². The van der Waals surface area contributed by atoms with Gasteiger partial charge >= 0.3 is 0 Å². The van der Waals surface area contributed by atoms with Crippen LogP contribution in [0.5, 0.6) is 0 Å². The molecule has 0 aromatic heterocycles. The summed E-state index contributed by atoms with van der Waals surface area (Å²) in [5.41, 5.74) is 5.21. The van der Waals surface area contributed by atoms with Crippen molar-refractivity contribution in [2.75, 3.05) is 0 Å². The first kappa shape index (κ1) is 19.6. The van der Waals surface area contributed by atoms with Crippen LogP contribution in [0.15, 0.2) is 66.2 Å². The van der Waals surface area contributed by atoms with Crippen LogP contribution >= 0.6 is 0 Å². The molecule has 0 bridgehead atoms. The Balaban J connectivity index is 0.00000192. The van der Waals surface area contributed by atoms with Crippen molar-refractivity contribution in [2.24, 2.45) is 5.92 Å². The molecule has 0 atom stereocenters. The SMILES string of the molecule is Cc1cc(-c2ccc3ccccc3c2)c2c(c1)=[C-]C(=CC1CCCCC1)C=2.[Zr]. The van der Waals surface area contributed by atoms with E-state index in [9.17, 15) is 0 Å². The van der Waals surface area contributed by atoms with Crippen molar-refractivity contribution in [3.63, 3.8) is 0 Å². The molecule has 0 aliphatic heterocycles. The van der Waals surface area contributed by atoms with E-state index in [2.05, 4.69) is 79.7 Å².